The lowest BCUT2D eigenvalue weighted by Crippen LogP contribution is -2.05. The second kappa shape index (κ2) is 4.39. The summed E-state index contributed by atoms with van der Waals surface area (Å²) in [6.45, 7) is 4.61. The lowest BCUT2D eigenvalue weighted by Gasteiger charge is -2.15. The molecule has 1 heteroatoms. The van der Waals surface area contributed by atoms with Gasteiger partial charge in [-0.25, -0.2) is 0 Å². The molecule has 1 rings (SSSR count). The van der Waals surface area contributed by atoms with Crippen molar-refractivity contribution >= 4 is 12.6 Å². The minimum Gasteiger partial charge on any atom is -0.176 e. The minimum absolute atomic E-state index is 0.705. The van der Waals surface area contributed by atoms with Crippen LogP contribution < -0.4 is 0 Å². The SMILES string of the molecule is CCCC1CC(S)CC1CC. The van der Waals surface area contributed by atoms with Gasteiger partial charge in [0.25, 0.3) is 0 Å². The fourth-order valence-corrected chi connectivity index (χ4v) is 2.95. The van der Waals surface area contributed by atoms with Crippen LogP contribution >= 0.6 is 12.6 Å². The molecule has 0 aromatic rings. The third-order valence-electron chi connectivity index (χ3n) is 3.00. The summed E-state index contributed by atoms with van der Waals surface area (Å²) in [5.74, 6) is 1.98. The van der Waals surface area contributed by atoms with Crippen LogP contribution in [0.4, 0.5) is 0 Å². The van der Waals surface area contributed by atoms with E-state index in [-0.39, 0.29) is 0 Å². The molecule has 0 bridgehead atoms. The second-order valence-corrected chi connectivity index (χ2v) is 4.57. The molecule has 0 amide bonds. The predicted octanol–water partition coefficient (Wildman–Crippen LogP) is 3.52. The van der Waals surface area contributed by atoms with Gasteiger partial charge in [0.1, 0.15) is 0 Å². The first-order chi connectivity index (χ1) is 5.27. The Bertz CT molecular complexity index is 111. The topological polar surface area (TPSA) is 0 Å². The molecule has 0 heterocycles. The molecule has 1 aliphatic carbocycles. The van der Waals surface area contributed by atoms with Crippen molar-refractivity contribution in [1.82, 2.24) is 0 Å². The molecule has 0 N–H and O–H groups in total. The van der Waals surface area contributed by atoms with Crippen LogP contribution in [-0.4, -0.2) is 5.25 Å². The van der Waals surface area contributed by atoms with Gasteiger partial charge in [-0.15, -0.1) is 0 Å². The van der Waals surface area contributed by atoms with Gasteiger partial charge in [-0.1, -0.05) is 33.1 Å². The minimum atomic E-state index is 0.705. The summed E-state index contributed by atoms with van der Waals surface area (Å²) in [5.41, 5.74) is 0. The van der Waals surface area contributed by atoms with Crippen LogP contribution in [0.1, 0.15) is 46.0 Å². The van der Waals surface area contributed by atoms with E-state index in [9.17, 15) is 0 Å². The quantitative estimate of drug-likeness (QED) is 0.619. The maximum absolute atomic E-state index is 4.56. The fraction of sp³-hybridized carbons (Fsp3) is 1.00. The van der Waals surface area contributed by atoms with Gasteiger partial charge < -0.3 is 0 Å². The van der Waals surface area contributed by atoms with Crippen LogP contribution in [0, 0.1) is 11.8 Å². The standard InChI is InChI=1S/C10H20S/c1-3-5-9-7-10(11)6-8(9)4-2/h8-11H,3-7H2,1-2H3. The van der Waals surface area contributed by atoms with Gasteiger partial charge in [0.15, 0.2) is 0 Å². The maximum atomic E-state index is 4.56. The molecule has 66 valence electrons. The Hall–Kier alpha value is 0.350. The highest BCUT2D eigenvalue weighted by Gasteiger charge is 2.29. The molecule has 0 aromatic carbocycles. The highest BCUT2D eigenvalue weighted by Crippen LogP contribution is 2.39. The number of rotatable bonds is 3. The summed E-state index contributed by atoms with van der Waals surface area (Å²) in [6.07, 6.45) is 6.87. The van der Waals surface area contributed by atoms with E-state index in [1.165, 1.54) is 32.1 Å². The molecule has 0 radical (unpaired) electrons. The summed E-state index contributed by atoms with van der Waals surface area (Å²) >= 11 is 4.56. The Kier molecular flexibility index (Phi) is 3.77. The summed E-state index contributed by atoms with van der Waals surface area (Å²) in [6, 6.07) is 0. The first-order valence-electron chi connectivity index (χ1n) is 4.96. The summed E-state index contributed by atoms with van der Waals surface area (Å²) < 4.78 is 0. The lowest BCUT2D eigenvalue weighted by molar-refractivity contribution is 0.352. The zero-order valence-electron chi connectivity index (χ0n) is 7.71. The zero-order valence-corrected chi connectivity index (χ0v) is 8.61. The maximum Gasteiger partial charge on any atom is 0.00222 e. The Morgan fingerprint density at radius 3 is 2.36 bits per heavy atom. The highest BCUT2D eigenvalue weighted by atomic mass is 32.1. The Balaban J connectivity index is 2.37. The normalized spacial score (nSPS) is 37.9. The van der Waals surface area contributed by atoms with Crippen molar-refractivity contribution in [2.75, 3.05) is 0 Å². The summed E-state index contributed by atoms with van der Waals surface area (Å²) in [4.78, 5) is 0. The van der Waals surface area contributed by atoms with E-state index in [4.69, 9.17) is 0 Å². The van der Waals surface area contributed by atoms with Crippen molar-refractivity contribution in [2.45, 2.75) is 51.2 Å². The average molecular weight is 172 g/mol. The van der Waals surface area contributed by atoms with Crippen LogP contribution in [0.25, 0.3) is 0 Å². The molecule has 0 spiro atoms. The number of hydrogen-bond donors (Lipinski definition) is 1. The molecule has 3 unspecified atom stereocenters. The number of thiol groups is 1. The molecular weight excluding hydrogens is 152 g/mol. The largest absolute Gasteiger partial charge is 0.176 e. The highest BCUT2D eigenvalue weighted by molar-refractivity contribution is 7.80. The van der Waals surface area contributed by atoms with Crippen LogP contribution in [0.15, 0.2) is 0 Å². The molecule has 1 saturated carbocycles. The van der Waals surface area contributed by atoms with E-state index in [0.717, 1.165) is 11.8 Å². The molecule has 0 aliphatic heterocycles. The van der Waals surface area contributed by atoms with E-state index < -0.39 is 0 Å². The Labute approximate surface area is 76.2 Å². The Morgan fingerprint density at radius 2 is 1.82 bits per heavy atom. The molecule has 0 aromatic heterocycles. The van der Waals surface area contributed by atoms with Gasteiger partial charge in [0, 0.05) is 5.25 Å². The van der Waals surface area contributed by atoms with Crippen LogP contribution in [-0.2, 0) is 0 Å². The average Bonchev–Trinajstić information content (AvgIpc) is 2.32. The van der Waals surface area contributed by atoms with Crippen LogP contribution in [0.3, 0.4) is 0 Å². The molecule has 3 atom stereocenters. The van der Waals surface area contributed by atoms with E-state index in [0.29, 0.717) is 5.25 Å². The van der Waals surface area contributed by atoms with E-state index in [1.54, 1.807) is 0 Å². The monoisotopic (exact) mass is 172 g/mol. The van der Waals surface area contributed by atoms with Gasteiger partial charge in [-0.05, 0) is 24.7 Å². The van der Waals surface area contributed by atoms with Gasteiger partial charge in [0.05, 0.1) is 0 Å². The van der Waals surface area contributed by atoms with Crippen molar-refractivity contribution in [3.05, 3.63) is 0 Å². The van der Waals surface area contributed by atoms with Crippen molar-refractivity contribution in [1.29, 1.82) is 0 Å². The molecule has 11 heavy (non-hydrogen) atoms. The van der Waals surface area contributed by atoms with Crippen molar-refractivity contribution in [2.24, 2.45) is 11.8 Å². The lowest BCUT2D eigenvalue weighted by atomic mass is 9.90. The molecule has 0 nitrogen and oxygen atoms in total. The third kappa shape index (κ3) is 2.40. The van der Waals surface area contributed by atoms with Crippen molar-refractivity contribution in [3.8, 4) is 0 Å². The molecule has 0 saturated heterocycles. The predicted molar refractivity (Wildman–Crippen MR) is 54.2 cm³/mol. The first-order valence-corrected chi connectivity index (χ1v) is 5.47. The van der Waals surface area contributed by atoms with Gasteiger partial charge >= 0.3 is 0 Å². The van der Waals surface area contributed by atoms with E-state index >= 15 is 0 Å². The Morgan fingerprint density at radius 1 is 1.18 bits per heavy atom. The van der Waals surface area contributed by atoms with Gasteiger partial charge in [-0.2, -0.15) is 12.6 Å². The smallest absolute Gasteiger partial charge is 0.00222 e. The van der Waals surface area contributed by atoms with Gasteiger partial charge in [0.2, 0.25) is 0 Å². The molecular formula is C10H20S. The van der Waals surface area contributed by atoms with Crippen molar-refractivity contribution < 1.29 is 0 Å². The third-order valence-corrected chi connectivity index (χ3v) is 3.42. The molecule has 1 aliphatic rings. The second-order valence-electron chi connectivity index (χ2n) is 3.84. The van der Waals surface area contributed by atoms with E-state index in [2.05, 4.69) is 26.5 Å². The molecule has 1 fully saturated rings. The van der Waals surface area contributed by atoms with Crippen LogP contribution in [0.2, 0.25) is 0 Å². The van der Waals surface area contributed by atoms with Crippen molar-refractivity contribution in [3.63, 3.8) is 0 Å². The summed E-state index contributed by atoms with van der Waals surface area (Å²) in [5, 5.41) is 0.705. The zero-order chi connectivity index (χ0) is 8.27. The number of hydrogen-bond acceptors (Lipinski definition) is 1. The van der Waals surface area contributed by atoms with Gasteiger partial charge in [-0.3, -0.25) is 0 Å². The summed E-state index contributed by atoms with van der Waals surface area (Å²) in [7, 11) is 0. The van der Waals surface area contributed by atoms with E-state index in [1.807, 2.05) is 0 Å². The van der Waals surface area contributed by atoms with Crippen LogP contribution in [0.5, 0.6) is 0 Å². The first kappa shape index (κ1) is 9.44. The fourth-order valence-electron chi connectivity index (χ4n) is 2.40.